The molecule has 0 spiro atoms. The van der Waals surface area contributed by atoms with Gasteiger partial charge in [0.05, 0.1) is 42.6 Å². The fourth-order valence-corrected chi connectivity index (χ4v) is 5.52. The third-order valence-electron chi connectivity index (χ3n) is 7.49. The minimum absolute atomic E-state index is 0.0297. The largest absolute Gasteiger partial charge is 0.469 e. The number of hydrogen-bond donors (Lipinski definition) is 1. The molecule has 3 aliphatic rings. The van der Waals surface area contributed by atoms with Gasteiger partial charge in [0.1, 0.15) is 11.9 Å². The number of aromatic nitrogens is 1. The van der Waals surface area contributed by atoms with Gasteiger partial charge in [-0.1, -0.05) is 48.5 Å². The van der Waals surface area contributed by atoms with Gasteiger partial charge in [0, 0.05) is 16.5 Å². The molecule has 0 saturated heterocycles. The molecular weight excluding hydrogens is 450 g/mol. The summed E-state index contributed by atoms with van der Waals surface area (Å²) in [4.78, 5) is 26.5. The van der Waals surface area contributed by atoms with Gasteiger partial charge in [-0.05, 0) is 37.8 Å². The van der Waals surface area contributed by atoms with Crippen molar-refractivity contribution in [2.75, 3.05) is 7.11 Å². The van der Waals surface area contributed by atoms with Crippen LogP contribution in [0.4, 0.5) is 0 Å². The lowest BCUT2D eigenvalue weighted by atomic mass is 9.81. The zero-order valence-electron chi connectivity index (χ0n) is 20.2. The van der Waals surface area contributed by atoms with E-state index in [0.717, 1.165) is 70.6 Å². The van der Waals surface area contributed by atoms with E-state index in [1.165, 1.54) is 7.11 Å². The quantitative estimate of drug-likeness (QED) is 0.317. The van der Waals surface area contributed by atoms with Crippen LogP contribution >= 0.6 is 0 Å². The molecule has 2 aromatic carbocycles. The lowest BCUT2D eigenvalue weighted by molar-refractivity contribution is -0.754. The third kappa shape index (κ3) is 3.77. The van der Waals surface area contributed by atoms with Crippen molar-refractivity contribution in [1.82, 2.24) is 4.98 Å². The first-order chi connectivity index (χ1) is 17.6. The molecular formula is C29H28N5O2+. The molecule has 1 saturated carbocycles. The first-order valence-corrected chi connectivity index (χ1v) is 12.3. The second kappa shape index (κ2) is 8.93. The number of rotatable bonds is 4. The Labute approximate surface area is 209 Å². The van der Waals surface area contributed by atoms with Crippen molar-refractivity contribution < 1.29 is 14.1 Å². The van der Waals surface area contributed by atoms with Crippen molar-refractivity contribution in [3.8, 4) is 11.3 Å². The van der Waals surface area contributed by atoms with E-state index in [2.05, 4.69) is 47.5 Å². The normalized spacial score (nSPS) is 25.1. The average molecular weight is 479 g/mol. The van der Waals surface area contributed by atoms with E-state index in [1.54, 1.807) is 6.20 Å². The highest BCUT2D eigenvalue weighted by Crippen LogP contribution is 2.41. The van der Waals surface area contributed by atoms with Crippen molar-refractivity contribution in [1.29, 1.82) is 0 Å². The molecule has 36 heavy (non-hydrogen) atoms. The summed E-state index contributed by atoms with van der Waals surface area (Å²) in [6.45, 7) is 0. The summed E-state index contributed by atoms with van der Waals surface area (Å²) < 4.78 is 4.99. The fraction of sp³-hybridized carbons (Fsp3) is 0.241. The average Bonchev–Trinajstić information content (AvgIpc) is 3.25. The lowest BCUT2D eigenvalue weighted by Gasteiger charge is -2.33. The number of carbonyl (C=O) groups is 1. The number of aliphatic imine (C=N–C) groups is 2. The van der Waals surface area contributed by atoms with Crippen molar-refractivity contribution in [3.63, 3.8) is 0 Å². The van der Waals surface area contributed by atoms with Crippen molar-refractivity contribution in [3.05, 3.63) is 84.3 Å². The van der Waals surface area contributed by atoms with Gasteiger partial charge in [0.2, 0.25) is 11.5 Å². The SMILES string of the molecule is COC(=O)C1CCC(C2=NC(c3ccc4ccc(-c5ccccc5)nc4c3)=C3C=NC=C[N+]23N)CC1. The minimum Gasteiger partial charge on any atom is -0.469 e. The molecule has 2 N–H and O–H groups in total. The molecule has 1 aliphatic carbocycles. The number of nitrogens with zero attached hydrogens (tertiary/aromatic N) is 4. The molecule has 3 heterocycles. The Morgan fingerprint density at radius 2 is 1.78 bits per heavy atom. The van der Waals surface area contributed by atoms with Gasteiger partial charge in [-0.2, -0.15) is 10.8 Å². The number of allylic oxidation sites excluding steroid dienone is 1. The molecule has 180 valence electrons. The minimum atomic E-state index is -0.124. The summed E-state index contributed by atoms with van der Waals surface area (Å²) in [5.41, 5.74) is 5.55. The van der Waals surface area contributed by atoms with Crippen LogP contribution in [0.15, 0.2) is 88.7 Å². The molecule has 0 radical (unpaired) electrons. The Morgan fingerprint density at radius 3 is 2.56 bits per heavy atom. The van der Waals surface area contributed by atoms with E-state index >= 15 is 0 Å². The third-order valence-corrected chi connectivity index (χ3v) is 7.49. The van der Waals surface area contributed by atoms with Gasteiger partial charge < -0.3 is 4.74 Å². The zero-order chi connectivity index (χ0) is 24.7. The second-order valence-corrected chi connectivity index (χ2v) is 9.60. The maximum Gasteiger partial charge on any atom is 0.308 e. The molecule has 1 aromatic heterocycles. The van der Waals surface area contributed by atoms with Gasteiger partial charge in [-0.3, -0.25) is 9.79 Å². The number of amidine groups is 1. The molecule has 1 atom stereocenters. The molecule has 2 aliphatic heterocycles. The number of hydrogen-bond acceptors (Lipinski definition) is 6. The molecule has 0 amide bonds. The summed E-state index contributed by atoms with van der Waals surface area (Å²) in [6, 6.07) is 20.6. The fourth-order valence-electron chi connectivity index (χ4n) is 5.52. The van der Waals surface area contributed by atoms with E-state index in [0.29, 0.717) is 0 Å². The highest BCUT2D eigenvalue weighted by Gasteiger charge is 2.48. The predicted molar refractivity (Wildman–Crippen MR) is 141 cm³/mol. The molecule has 6 rings (SSSR count). The number of carbonyl (C=O) groups excluding carboxylic acids is 1. The molecule has 3 aromatic rings. The summed E-state index contributed by atoms with van der Waals surface area (Å²) >= 11 is 0. The molecule has 7 nitrogen and oxygen atoms in total. The molecule has 1 fully saturated rings. The number of nitrogens with two attached hydrogens (primary N) is 1. The predicted octanol–water partition coefficient (Wildman–Crippen LogP) is 5.21. The number of benzene rings is 2. The molecule has 0 bridgehead atoms. The molecule has 1 unspecified atom stereocenters. The number of methoxy groups -OCH3 is 1. The first kappa shape index (κ1) is 22.5. The number of pyridine rings is 1. The number of quaternary nitrogens is 1. The number of ether oxygens (including phenoxy) is 1. The van der Waals surface area contributed by atoms with Crippen LogP contribution in [0.3, 0.4) is 0 Å². The van der Waals surface area contributed by atoms with Crippen LogP contribution < -0.4 is 5.84 Å². The smallest absolute Gasteiger partial charge is 0.308 e. The van der Waals surface area contributed by atoms with Crippen LogP contribution in [0.1, 0.15) is 31.2 Å². The van der Waals surface area contributed by atoms with Crippen LogP contribution in [0.2, 0.25) is 0 Å². The monoisotopic (exact) mass is 478 g/mol. The number of esters is 1. The van der Waals surface area contributed by atoms with Gasteiger partial charge >= 0.3 is 5.97 Å². The number of fused-ring (bicyclic) bond motifs is 2. The van der Waals surface area contributed by atoms with Gasteiger partial charge in [0.25, 0.3) is 0 Å². The topological polar surface area (TPSA) is 89.9 Å². The molecule has 7 heteroatoms. The van der Waals surface area contributed by atoms with Crippen LogP contribution in [0.5, 0.6) is 0 Å². The maximum absolute atomic E-state index is 12.0. The highest BCUT2D eigenvalue weighted by molar-refractivity contribution is 6.01. The van der Waals surface area contributed by atoms with E-state index in [1.807, 2.05) is 30.6 Å². The zero-order valence-corrected chi connectivity index (χ0v) is 20.2. The van der Waals surface area contributed by atoms with Crippen LogP contribution in [-0.2, 0) is 9.53 Å². The van der Waals surface area contributed by atoms with Crippen LogP contribution in [0, 0.1) is 11.8 Å². The first-order valence-electron chi connectivity index (χ1n) is 12.3. The van der Waals surface area contributed by atoms with E-state index in [4.69, 9.17) is 20.6 Å². The van der Waals surface area contributed by atoms with E-state index < -0.39 is 0 Å². The van der Waals surface area contributed by atoms with Crippen molar-refractivity contribution >= 4 is 34.6 Å². The highest BCUT2D eigenvalue weighted by atomic mass is 16.5. The van der Waals surface area contributed by atoms with Gasteiger partial charge in [-0.25, -0.2) is 4.98 Å². The second-order valence-electron chi connectivity index (χ2n) is 9.60. The Hall–Kier alpha value is -3.94. The summed E-state index contributed by atoms with van der Waals surface area (Å²) in [6.07, 6.45) is 8.69. The van der Waals surface area contributed by atoms with Gasteiger partial charge in [0.15, 0.2) is 0 Å². The summed E-state index contributed by atoms with van der Waals surface area (Å²) in [7, 11) is 1.46. The lowest BCUT2D eigenvalue weighted by Crippen LogP contribution is -2.55. The Morgan fingerprint density at radius 1 is 1.00 bits per heavy atom. The Bertz CT molecular complexity index is 1470. The summed E-state index contributed by atoms with van der Waals surface area (Å²) in [5, 5.41) is 1.07. The van der Waals surface area contributed by atoms with Crippen molar-refractivity contribution in [2.24, 2.45) is 27.7 Å². The Kier molecular flexibility index (Phi) is 5.59. The standard InChI is InChI=1S/C29H28N5O2/c1-36-29(35)22-10-8-21(9-11-22)28-33-27(26-18-31-15-16-34(26,28)30)23-12-7-20-13-14-24(32-25(20)17-23)19-5-3-2-4-6-19/h2-7,12-18,21-22H,8-11,30H2,1H3/q+1. The maximum atomic E-state index is 12.0. The Balaban J connectivity index is 1.37. The van der Waals surface area contributed by atoms with Crippen LogP contribution in [0.25, 0.3) is 27.9 Å². The van der Waals surface area contributed by atoms with E-state index in [9.17, 15) is 4.79 Å². The van der Waals surface area contributed by atoms with E-state index in [-0.39, 0.29) is 22.4 Å². The van der Waals surface area contributed by atoms with Gasteiger partial charge in [-0.15, -0.1) is 4.59 Å². The van der Waals surface area contributed by atoms with Crippen LogP contribution in [-0.4, -0.2) is 34.7 Å². The summed E-state index contributed by atoms with van der Waals surface area (Å²) in [5.74, 6) is 7.88. The van der Waals surface area contributed by atoms with Crippen molar-refractivity contribution in [2.45, 2.75) is 25.7 Å².